The number of rotatable bonds is 5. The minimum atomic E-state index is -0.194. The Balaban J connectivity index is 1.42. The molecule has 0 unspecified atom stereocenters. The molecule has 4 heteroatoms. The first kappa shape index (κ1) is 16.9. The lowest BCUT2D eigenvalue weighted by Crippen LogP contribution is -2.41. The van der Waals surface area contributed by atoms with Gasteiger partial charge in [0.25, 0.3) is 0 Å². The van der Waals surface area contributed by atoms with E-state index in [0.29, 0.717) is 6.04 Å². The number of piperidine rings is 1. The van der Waals surface area contributed by atoms with Gasteiger partial charge in [0.05, 0.1) is 11.2 Å². The van der Waals surface area contributed by atoms with Gasteiger partial charge in [0.2, 0.25) is 0 Å². The van der Waals surface area contributed by atoms with E-state index >= 15 is 0 Å². The Hall–Kier alpha value is -1.52. The number of pyridine rings is 1. The minimum absolute atomic E-state index is 0.194. The Labute approximate surface area is 149 Å². The average Bonchev–Trinajstić information content (AvgIpc) is 3.15. The molecular formula is C21H28FN3. The Morgan fingerprint density at radius 3 is 2.72 bits per heavy atom. The summed E-state index contributed by atoms with van der Waals surface area (Å²) in [6, 6.07) is 9.60. The summed E-state index contributed by atoms with van der Waals surface area (Å²) in [6.07, 6.45) is 7.97. The Morgan fingerprint density at radius 2 is 1.84 bits per heavy atom. The number of aromatic nitrogens is 1. The summed E-state index contributed by atoms with van der Waals surface area (Å²) in [5.41, 5.74) is 2.00. The van der Waals surface area contributed by atoms with E-state index < -0.39 is 0 Å². The molecule has 0 saturated carbocycles. The van der Waals surface area contributed by atoms with Gasteiger partial charge in [0.15, 0.2) is 0 Å². The van der Waals surface area contributed by atoms with Crippen LogP contribution in [0.5, 0.6) is 0 Å². The van der Waals surface area contributed by atoms with Crippen LogP contribution in [-0.2, 0) is 6.54 Å². The van der Waals surface area contributed by atoms with E-state index in [9.17, 15) is 4.39 Å². The predicted octanol–water partition coefficient (Wildman–Crippen LogP) is 4.21. The van der Waals surface area contributed by atoms with Crippen molar-refractivity contribution >= 4 is 10.9 Å². The highest BCUT2D eigenvalue weighted by atomic mass is 19.1. The molecule has 4 rings (SSSR count). The van der Waals surface area contributed by atoms with Crippen LogP contribution in [-0.4, -0.2) is 47.0 Å². The molecule has 0 radical (unpaired) electrons. The third-order valence-electron chi connectivity index (χ3n) is 5.80. The zero-order valence-electron chi connectivity index (χ0n) is 15.0. The molecule has 0 spiro atoms. The highest BCUT2D eigenvalue weighted by Crippen LogP contribution is 2.23. The topological polar surface area (TPSA) is 19.4 Å². The van der Waals surface area contributed by atoms with Crippen molar-refractivity contribution < 1.29 is 4.39 Å². The van der Waals surface area contributed by atoms with Gasteiger partial charge in [0, 0.05) is 18.0 Å². The second kappa shape index (κ2) is 7.79. The Kier molecular flexibility index (Phi) is 5.28. The summed E-state index contributed by atoms with van der Waals surface area (Å²) >= 11 is 0. The highest BCUT2D eigenvalue weighted by Gasteiger charge is 2.24. The highest BCUT2D eigenvalue weighted by molar-refractivity contribution is 5.78. The van der Waals surface area contributed by atoms with Crippen LogP contribution in [0.4, 0.5) is 4.39 Å². The van der Waals surface area contributed by atoms with Crippen LogP contribution in [0, 0.1) is 5.82 Å². The molecule has 0 amide bonds. The largest absolute Gasteiger partial charge is 0.303 e. The van der Waals surface area contributed by atoms with E-state index in [2.05, 4.69) is 15.9 Å². The lowest BCUT2D eigenvalue weighted by atomic mass is 9.98. The number of likely N-dealkylation sites (tertiary alicyclic amines) is 2. The van der Waals surface area contributed by atoms with Crippen LogP contribution in [0.3, 0.4) is 0 Å². The molecule has 0 bridgehead atoms. The van der Waals surface area contributed by atoms with E-state index in [1.807, 2.05) is 6.07 Å². The molecule has 1 aromatic heterocycles. The van der Waals surface area contributed by atoms with E-state index in [1.54, 1.807) is 12.1 Å². The second-order valence-corrected chi connectivity index (χ2v) is 7.60. The molecule has 3 nitrogen and oxygen atoms in total. The molecule has 134 valence electrons. The maximum Gasteiger partial charge on any atom is 0.123 e. The molecule has 0 N–H and O–H groups in total. The normalized spacial score (nSPS) is 22.7. The molecule has 2 fully saturated rings. The van der Waals surface area contributed by atoms with E-state index in [1.165, 1.54) is 70.8 Å². The van der Waals surface area contributed by atoms with Crippen molar-refractivity contribution in [1.29, 1.82) is 0 Å². The molecule has 25 heavy (non-hydrogen) atoms. The summed E-state index contributed by atoms with van der Waals surface area (Å²) in [5, 5.41) is 0.882. The Morgan fingerprint density at radius 1 is 1.00 bits per heavy atom. The van der Waals surface area contributed by atoms with Crippen molar-refractivity contribution in [3.05, 3.63) is 41.8 Å². The van der Waals surface area contributed by atoms with Gasteiger partial charge in [-0.2, -0.15) is 0 Å². The number of hydrogen-bond acceptors (Lipinski definition) is 3. The third kappa shape index (κ3) is 4.18. The number of benzene rings is 1. The first-order valence-electron chi connectivity index (χ1n) is 9.79. The quantitative estimate of drug-likeness (QED) is 0.812. The summed E-state index contributed by atoms with van der Waals surface area (Å²) in [5.74, 6) is -0.194. The fourth-order valence-corrected chi connectivity index (χ4v) is 4.37. The van der Waals surface area contributed by atoms with Crippen LogP contribution in [0.1, 0.15) is 44.2 Å². The van der Waals surface area contributed by atoms with Gasteiger partial charge in [-0.05, 0) is 82.5 Å². The van der Waals surface area contributed by atoms with Crippen LogP contribution >= 0.6 is 0 Å². The van der Waals surface area contributed by atoms with Crippen molar-refractivity contribution in [1.82, 2.24) is 14.8 Å². The van der Waals surface area contributed by atoms with E-state index in [0.717, 1.165) is 23.1 Å². The second-order valence-electron chi connectivity index (χ2n) is 7.60. The van der Waals surface area contributed by atoms with Crippen molar-refractivity contribution in [2.45, 2.75) is 51.1 Å². The standard InChI is InChI=1S/C21H28FN3/c22-18-7-9-21-17(15-18)6-8-19(23-21)16-25-13-2-1-5-20(25)10-14-24-11-3-4-12-24/h6-9,15,20H,1-5,10-14,16H2/t20-/m1/s1. The predicted molar refractivity (Wildman–Crippen MR) is 100 cm³/mol. The molecule has 2 aromatic rings. The van der Waals surface area contributed by atoms with Gasteiger partial charge in [-0.25, -0.2) is 4.39 Å². The Bertz CT molecular complexity index is 711. The van der Waals surface area contributed by atoms with Gasteiger partial charge < -0.3 is 4.90 Å². The molecule has 2 aliphatic rings. The molecule has 2 aliphatic heterocycles. The minimum Gasteiger partial charge on any atom is -0.303 e. The van der Waals surface area contributed by atoms with Crippen LogP contribution in [0.15, 0.2) is 30.3 Å². The molecule has 1 atom stereocenters. The van der Waals surface area contributed by atoms with Crippen molar-refractivity contribution in [3.63, 3.8) is 0 Å². The van der Waals surface area contributed by atoms with Gasteiger partial charge in [0.1, 0.15) is 5.82 Å². The summed E-state index contributed by atoms with van der Waals surface area (Å²) in [6.45, 7) is 5.91. The molecular weight excluding hydrogens is 313 g/mol. The smallest absolute Gasteiger partial charge is 0.123 e. The van der Waals surface area contributed by atoms with Gasteiger partial charge >= 0.3 is 0 Å². The van der Waals surface area contributed by atoms with Gasteiger partial charge in [-0.3, -0.25) is 9.88 Å². The van der Waals surface area contributed by atoms with E-state index in [-0.39, 0.29) is 5.82 Å². The lowest BCUT2D eigenvalue weighted by Gasteiger charge is -2.36. The molecule has 0 aliphatic carbocycles. The van der Waals surface area contributed by atoms with Crippen molar-refractivity contribution in [2.75, 3.05) is 26.2 Å². The monoisotopic (exact) mass is 341 g/mol. The zero-order valence-corrected chi connectivity index (χ0v) is 15.0. The summed E-state index contributed by atoms with van der Waals surface area (Å²) in [4.78, 5) is 10.0. The maximum absolute atomic E-state index is 13.3. The number of fused-ring (bicyclic) bond motifs is 1. The third-order valence-corrected chi connectivity index (χ3v) is 5.80. The van der Waals surface area contributed by atoms with Crippen molar-refractivity contribution in [2.24, 2.45) is 0 Å². The fourth-order valence-electron chi connectivity index (χ4n) is 4.37. The number of nitrogens with zero attached hydrogens (tertiary/aromatic N) is 3. The molecule has 2 saturated heterocycles. The molecule has 1 aromatic carbocycles. The first-order chi connectivity index (χ1) is 12.3. The summed E-state index contributed by atoms with van der Waals surface area (Å²) < 4.78 is 13.3. The zero-order chi connectivity index (χ0) is 17.1. The van der Waals surface area contributed by atoms with Gasteiger partial charge in [-0.15, -0.1) is 0 Å². The number of hydrogen-bond donors (Lipinski definition) is 0. The van der Waals surface area contributed by atoms with Crippen LogP contribution in [0.25, 0.3) is 10.9 Å². The first-order valence-corrected chi connectivity index (χ1v) is 9.79. The maximum atomic E-state index is 13.3. The molecule has 3 heterocycles. The van der Waals surface area contributed by atoms with Crippen LogP contribution in [0.2, 0.25) is 0 Å². The fraction of sp³-hybridized carbons (Fsp3) is 0.571. The van der Waals surface area contributed by atoms with Gasteiger partial charge in [-0.1, -0.05) is 12.5 Å². The summed E-state index contributed by atoms with van der Waals surface area (Å²) in [7, 11) is 0. The van der Waals surface area contributed by atoms with E-state index in [4.69, 9.17) is 4.98 Å². The van der Waals surface area contributed by atoms with Crippen LogP contribution < -0.4 is 0 Å². The SMILES string of the molecule is Fc1ccc2nc(CN3CCCC[C@@H]3CCN3CCCC3)ccc2c1. The van der Waals surface area contributed by atoms with Crippen molar-refractivity contribution in [3.8, 4) is 0 Å². The average molecular weight is 341 g/mol. The number of halogens is 1. The lowest BCUT2D eigenvalue weighted by molar-refractivity contribution is 0.120.